The molecule has 3 aromatic heterocycles. The Hall–Kier alpha value is -3.42. The number of imidazole rings is 1. The second-order valence-corrected chi connectivity index (χ2v) is 6.56. The molecule has 0 aromatic carbocycles. The van der Waals surface area contributed by atoms with Crippen LogP contribution < -0.4 is 0 Å². The number of nitrogens with zero attached hydrogens (tertiary/aromatic N) is 4. The fraction of sp³-hybridized carbons (Fsp3) is 0.263. The van der Waals surface area contributed by atoms with Gasteiger partial charge in [-0.05, 0) is 23.3 Å². The molecule has 8 heteroatoms. The van der Waals surface area contributed by atoms with Crippen LogP contribution in [-0.2, 0) is 34.0 Å². The lowest BCUT2D eigenvalue weighted by atomic mass is 10.1. The molecule has 0 atom stereocenters. The fourth-order valence-corrected chi connectivity index (χ4v) is 3.12. The number of aryl methyl sites for hydroxylation is 3. The average molecular weight is 368 g/mol. The Balaban J connectivity index is 1.75. The van der Waals surface area contributed by atoms with Crippen LogP contribution in [0.25, 0.3) is 0 Å². The summed E-state index contributed by atoms with van der Waals surface area (Å²) in [4.78, 5) is 40.1. The van der Waals surface area contributed by atoms with Gasteiger partial charge in [-0.1, -0.05) is 0 Å². The van der Waals surface area contributed by atoms with Crippen molar-refractivity contribution in [3.63, 3.8) is 0 Å². The van der Waals surface area contributed by atoms with Crippen LogP contribution >= 0.6 is 0 Å². The van der Waals surface area contributed by atoms with Crippen molar-refractivity contribution < 1.29 is 19.5 Å². The summed E-state index contributed by atoms with van der Waals surface area (Å²) in [6, 6.07) is 3.19. The Morgan fingerprint density at radius 3 is 1.96 bits per heavy atom. The number of rotatable bonds is 7. The standard InChI is InChI=1S/C19H20N4O4/c1-21-5-4-20-18(21)17(25)9-12-6-14(22(2)10-12)16(24)8-13-7-15(19(26)27)23(3)11-13/h4-7,10-11H,8-9H2,1-3H3,(H,26,27). The van der Waals surface area contributed by atoms with Crippen molar-refractivity contribution in [2.75, 3.05) is 0 Å². The van der Waals surface area contributed by atoms with Crippen LogP contribution in [0, 0.1) is 0 Å². The number of aromatic nitrogens is 4. The first-order valence-corrected chi connectivity index (χ1v) is 8.33. The number of aromatic carboxylic acids is 1. The van der Waals surface area contributed by atoms with Gasteiger partial charge in [0.25, 0.3) is 0 Å². The highest BCUT2D eigenvalue weighted by atomic mass is 16.4. The summed E-state index contributed by atoms with van der Waals surface area (Å²) in [5.74, 6) is -0.931. The van der Waals surface area contributed by atoms with Crippen molar-refractivity contribution >= 4 is 17.5 Å². The Morgan fingerprint density at radius 1 is 0.889 bits per heavy atom. The highest BCUT2D eigenvalue weighted by molar-refractivity contribution is 5.98. The number of carbonyl (C=O) groups is 3. The van der Waals surface area contributed by atoms with Crippen LogP contribution in [0.1, 0.15) is 42.7 Å². The zero-order valence-electron chi connectivity index (χ0n) is 15.3. The molecule has 0 aliphatic rings. The molecule has 0 bridgehead atoms. The number of Topliss-reactive ketones (excluding diaryl/α,β-unsaturated/α-hetero) is 2. The molecular weight excluding hydrogens is 348 g/mol. The summed E-state index contributed by atoms with van der Waals surface area (Å²) in [5.41, 5.74) is 1.96. The zero-order chi connectivity index (χ0) is 19.7. The normalized spacial score (nSPS) is 10.9. The van der Waals surface area contributed by atoms with Crippen molar-refractivity contribution in [3.05, 3.63) is 65.3 Å². The topological polar surface area (TPSA) is 99.1 Å². The third-order valence-corrected chi connectivity index (χ3v) is 4.43. The first-order chi connectivity index (χ1) is 12.8. The van der Waals surface area contributed by atoms with Crippen LogP contribution in [0.5, 0.6) is 0 Å². The van der Waals surface area contributed by atoms with E-state index in [1.165, 1.54) is 10.6 Å². The van der Waals surface area contributed by atoms with E-state index in [9.17, 15) is 14.4 Å². The Kier molecular flexibility index (Phi) is 4.81. The molecule has 0 amide bonds. The van der Waals surface area contributed by atoms with Crippen molar-refractivity contribution in [2.45, 2.75) is 12.8 Å². The minimum atomic E-state index is -1.04. The van der Waals surface area contributed by atoms with Crippen molar-refractivity contribution in [1.29, 1.82) is 0 Å². The molecule has 0 fully saturated rings. The van der Waals surface area contributed by atoms with E-state index in [1.54, 1.807) is 61.1 Å². The molecule has 1 N–H and O–H groups in total. The van der Waals surface area contributed by atoms with Crippen molar-refractivity contribution in [1.82, 2.24) is 18.7 Å². The lowest BCUT2D eigenvalue weighted by molar-refractivity contribution is 0.0686. The molecule has 0 unspecified atom stereocenters. The SMILES string of the molecule is Cn1cc(CC(=O)c2cc(CC(=O)c3nccn3C)cn2C)cc1C(=O)O. The van der Waals surface area contributed by atoms with E-state index < -0.39 is 5.97 Å². The quantitative estimate of drug-likeness (QED) is 0.639. The second-order valence-electron chi connectivity index (χ2n) is 6.56. The molecule has 3 rings (SSSR count). The number of carboxylic acids is 1. The molecule has 140 valence electrons. The maximum absolute atomic E-state index is 12.6. The first kappa shape index (κ1) is 18.4. The van der Waals surface area contributed by atoms with Gasteiger partial charge in [0.1, 0.15) is 5.69 Å². The van der Waals surface area contributed by atoms with Gasteiger partial charge < -0.3 is 18.8 Å². The highest BCUT2D eigenvalue weighted by Gasteiger charge is 2.18. The molecule has 3 heterocycles. The molecule has 0 saturated carbocycles. The number of ketones is 2. The third kappa shape index (κ3) is 3.74. The summed E-state index contributed by atoms with van der Waals surface area (Å²) in [6.07, 6.45) is 6.90. The van der Waals surface area contributed by atoms with Crippen LogP contribution in [0.2, 0.25) is 0 Å². The van der Waals surface area contributed by atoms with Gasteiger partial charge in [0.15, 0.2) is 11.6 Å². The van der Waals surface area contributed by atoms with Crippen molar-refractivity contribution in [3.8, 4) is 0 Å². The number of hydrogen-bond acceptors (Lipinski definition) is 4. The van der Waals surface area contributed by atoms with Crippen LogP contribution in [-0.4, -0.2) is 41.3 Å². The molecule has 0 aliphatic carbocycles. The summed E-state index contributed by atoms with van der Waals surface area (Å²) in [7, 11) is 5.13. The first-order valence-electron chi connectivity index (χ1n) is 8.33. The monoisotopic (exact) mass is 368 g/mol. The minimum Gasteiger partial charge on any atom is -0.477 e. The number of carboxylic acid groups (broad SMARTS) is 1. The number of carbonyl (C=O) groups excluding carboxylic acids is 2. The Morgan fingerprint density at radius 2 is 1.44 bits per heavy atom. The molecule has 8 nitrogen and oxygen atoms in total. The smallest absolute Gasteiger partial charge is 0.352 e. The number of hydrogen-bond donors (Lipinski definition) is 1. The maximum Gasteiger partial charge on any atom is 0.352 e. The van der Waals surface area contributed by atoms with E-state index in [-0.39, 0.29) is 30.1 Å². The van der Waals surface area contributed by atoms with Gasteiger partial charge in [0.2, 0.25) is 5.78 Å². The Bertz CT molecular complexity index is 1040. The van der Waals surface area contributed by atoms with Gasteiger partial charge in [-0.25, -0.2) is 9.78 Å². The predicted molar refractivity (Wildman–Crippen MR) is 97.1 cm³/mol. The molecule has 3 aromatic rings. The minimum absolute atomic E-state index is 0.0890. The molecule has 0 spiro atoms. The molecular formula is C19H20N4O4. The Labute approximate surface area is 155 Å². The van der Waals surface area contributed by atoms with E-state index in [0.717, 1.165) is 5.56 Å². The van der Waals surface area contributed by atoms with Gasteiger partial charge >= 0.3 is 5.97 Å². The highest BCUT2D eigenvalue weighted by Crippen LogP contribution is 2.15. The van der Waals surface area contributed by atoms with E-state index in [1.807, 2.05) is 0 Å². The van der Waals surface area contributed by atoms with E-state index in [4.69, 9.17) is 5.11 Å². The predicted octanol–water partition coefficient (Wildman–Crippen LogP) is 1.65. The third-order valence-electron chi connectivity index (χ3n) is 4.43. The molecule has 0 aliphatic heterocycles. The maximum atomic E-state index is 12.6. The lowest BCUT2D eigenvalue weighted by Gasteiger charge is -2.00. The fourth-order valence-electron chi connectivity index (χ4n) is 3.12. The van der Waals surface area contributed by atoms with Crippen LogP contribution in [0.3, 0.4) is 0 Å². The van der Waals surface area contributed by atoms with Gasteiger partial charge in [0.05, 0.1) is 5.69 Å². The summed E-state index contributed by atoms with van der Waals surface area (Å²) in [5, 5.41) is 9.11. The summed E-state index contributed by atoms with van der Waals surface area (Å²) in [6.45, 7) is 0. The average Bonchev–Trinajstić information content (AvgIpc) is 3.26. The van der Waals surface area contributed by atoms with Crippen molar-refractivity contribution in [2.24, 2.45) is 21.1 Å². The molecule has 0 saturated heterocycles. The summed E-state index contributed by atoms with van der Waals surface area (Å²) < 4.78 is 4.82. The van der Waals surface area contributed by atoms with E-state index in [0.29, 0.717) is 17.1 Å². The van der Waals surface area contributed by atoms with Gasteiger partial charge in [-0.2, -0.15) is 0 Å². The van der Waals surface area contributed by atoms with Gasteiger partial charge in [0, 0.05) is 58.8 Å². The van der Waals surface area contributed by atoms with E-state index in [2.05, 4.69) is 4.98 Å². The lowest BCUT2D eigenvalue weighted by Crippen LogP contribution is -2.09. The second kappa shape index (κ2) is 7.06. The molecule has 27 heavy (non-hydrogen) atoms. The van der Waals surface area contributed by atoms with E-state index >= 15 is 0 Å². The largest absolute Gasteiger partial charge is 0.477 e. The van der Waals surface area contributed by atoms with Crippen LogP contribution in [0.15, 0.2) is 36.9 Å². The van der Waals surface area contributed by atoms with Gasteiger partial charge in [-0.15, -0.1) is 0 Å². The molecule has 0 radical (unpaired) electrons. The zero-order valence-corrected chi connectivity index (χ0v) is 15.3. The van der Waals surface area contributed by atoms with Gasteiger partial charge in [-0.3, -0.25) is 9.59 Å². The summed E-state index contributed by atoms with van der Waals surface area (Å²) >= 11 is 0. The van der Waals surface area contributed by atoms with Crippen LogP contribution in [0.4, 0.5) is 0 Å².